The number of benzene rings is 1. The second kappa shape index (κ2) is 5.50. The smallest absolute Gasteiger partial charge is 0.268 e. The summed E-state index contributed by atoms with van der Waals surface area (Å²) in [5.41, 5.74) is 0.756. The van der Waals surface area contributed by atoms with Crippen LogP contribution in [0, 0.1) is 0 Å². The molecule has 1 aromatic carbocycles. The first-order valence-electron chi connectivity index (χ1n) is 6.68. The lowest BCUT2D eigenvalue weighted by atomic mass is 10.2. The van der Waals surface area contributed by atoms with Gasteiger partial charge in [0, 0.05) is 12.0 Å². The van der Waals surface area contributed by atoms with Gasteiger partial charge in [0.15, 0.2) is 0 Å². The van der Waals surface area contributed by atoms with Crippen molar-refractivity contribution < 1.29 is 22.4 Å². The molecule has 1 aromatic heterocycles. The molecular weight excluding hydrogens is 294 g/mol. The molecular formula is C14H15NO5S. The Balaban J connectivity index is 1.82. The number of carbonyl (C=O) groups is 1. The summed E-state index contributed by atoms with van der Waals surface area (Å²) >= 11 is 0. The number of fused-ring (bicyclic) bond motifs is 1. The van der Waals surface area contributed by atoms with Crippen LogP contribution >= 0.6 is 0 Å². The molecule has 2 aromatic rings. The van der Waals surface area contributed by atoms with Crippen LogP contribution in [-0.4, -0.2) is 32.8 Å². The van der Waals surface area contributed by atoms with Crippen LogP contribution in [0.1, 0.15) is 23.2 Å². The summed E-state index contributed by atoms with van der Waals surface area (Å²) in [6.07, 6.45) is 2.44. The van der Waals surface area contributed by atoms with E-state index in [0.717, 1.165) is 0 Å². The van der Waals surface area contributed by atoms with Crippen LogP contribution in [0.3, 0.4) is 0 Å². The first kappa shape index (κ1) is 14.1. The average molecular weight is 309 g/mol. The molecule has 7 heteroatoms. The highest BCUT2D eigenvalue weighted by atomic mass is 32.2. The molecule has 1 amide bonds. The van der Waals surface area contributed by atoms with Crippen LogP contribution in [-0.2, 0) is 14.8 Å². The number of furan rings is 1. The van der Waals surface area contributed by atoms with Gasteiger partial charge in [0.1, 0.15) is 17.1 Å². The number of sulfonamides is 1. The van der Waals surface area contributed by atoms with E-state index in [-0.39, 0.29) is 12.2 Å². The van der Waals surface area contributed by atoms with Crippen molar-refractivity contribution in [3.8, 4) is 0 Å². The van der Waals surface area contributed by atoms with E-state index in [0.29, 0.717) is 30.4 Å². The van der Waals surface area contributed by atoms with E-state index in [2.05, 4.69) is 4.72 Å². The molecule has 0 spiro atoms. The highest BCUT2D eigenvalue weighted by molar-refractivity contribution is 7.90. The van der Waals surface area contributed by atoms with E-state index in [4.69, 9.17) is 9.15 Å². The van der Waals surface area contributed by atoms with Gasteiger partial charge in [0.05, 0.1) is 12.2 Å². The van der Waals surface area contributed by atoms with E-state index in [1.54, 1.807) is 24.3 Å². The molecule has 1 N–H and O–H groups in total. The minimum Gasteiger partial charge on any atom is -0.463 e. The van der Waals surface area contributed by atoms with Crippen molar-refractivity contribution in [1.82, 2.24) is 4.72 Å². The van der Waals surface area contributed by atoms with E-state index in [1.165, 1.54) is 6.26 Å². The zero-order chi connectivity index (χ0) is 14.9. The van der Waals surface area contributed by atoms with Gasteiger partial charge in [-0.3, -0.25) is 4.79 Å². The summed E-state index contributed by atoms with van der Waals surface area (Å²) in [6, 6.07) is 6.97. The monoisotopic (exact) mass is 309 g/mol. The maximum atomic E-state index is 12.2. The van der Waals surface area contributed by atoms with Gasteiger partial charge >= 0.3 is 0 Å². The molecule has 21 heavy (non-hydrogen) atoms. The van der Waals surface area contributed by atoms with E-state index >= 15 is 0 Å². The molecule has 1 aliphatic heterocycles. The van der Waals surface area contributed by atoms with Gasteiger partial charge in [-0.25, -0.2) is 13.1 Å². The lowest BCUT2D eigenvalue weighted by molar-refractivity contribution is 0.0953. The van der Waals surface area contributed by atoms with Crippen molar-refractivity contribution in [2.24, 2.45) is 0 Å². The maximum absolute atomic E-state index is 12.2. The quantitative estimate of drug-likeness (QED) is 0.932. The van der Waals surface area contributed by atoms with Crippen LogP contribution in [0.4, 0.5) is 0 Å². The minimum absolute atomic E-state index is 0.120. The number of nitrogens with one attached hydrogen (secondary N) is 1. The normalized spacial score (nSPS) is 19.5. The highest BCUT2D eigenvalue weighted by Gasteiger charge is 2.30. The minimum atomic E-state index is -3.74. The SMILES string of the molecule is O=C(NS(=O)(=O)C1CCCOC1)c1coc2ccccc12. The van der Waals surface area contributed by atoms with E-state index in [1.807, 2.05) is 0 Å². The fourth-order valence-electron chi connectivity index (χ4n) is 2.38. The molecule has 3 rings (SSSR count). The number of carbonyl (C=O) groups excluding carboxylic acids is 1. The van der Waals surface area contributed by atoms with Crippen molar-refractivity contribution >= 4 is 26.9 Å². The summed E-state index contributed by atoms with van der Waals surface area (Å²) in [7, 11) is -3.74. The van der Waals surface area contributed by atoms with Gasteiger partial charge in [-0.2, -0.15) is 0 Å². The summed E-state index contributed by atoms with van der Waals surface area (Å²) in [6.45, 7) is 0.682. The van der Waals surface area contributed by atoms with Crippen molar-refractivity contribution in [3.63, 3.8) is 0 Å². The number of para-hydroxylation sites is 1. The maximum Gasteiger partial charge on any atom is 0.268 e. The van der Waals surface area contributed by atoms with Gasteiger partial charge in [-0.1, -0.05) is 18.2 Å². The van der Waals surface area contributed by atoms with Crippen molar-refractivity contribution in [3.05, 3.63) is 36.1 Å². The highest BCUT2D eigenvalue weighted by Crippen LogP contribution is 2.21. The lowest BCUT2D eigenvalue weighted by Gasteiger charge is -2.22. The second-order valence-corrected chi connectivity index (χ2v) is 6.92. The van der Waals surface area contributed by atoms with Crippen molar-refractivity contribution in [2.75, 3.05) is 13.2 Å². The Morgan fingerprint density at radius 2 is 2.10 bits per heavy atom. The topological polar surface area (TPSA) is 85.6 Å². The molecule has 1 aliphatic rings. The Morgan fingerprint density at radius 3 is 2.86 bits per heavy atom. The van der Waals surface area contributed by atoms with Crippen LogP contribution in [0.15, 0.2) is 34.9 Å². The van der Waals surface area contributed by atoms with Gasteiger partial charge in [-0.15, -0.1) is 0 Å². The zero-order valence-corrected chi connectivity index (χ0v) is 12.1. The van der Waals surface area contributed by atoms with Crippen molar-refractivity contribution in [1.29, 1.82) is 0 Å². The number of ether oxygens (including phenoxy) is 1. The third kappa shape index (κ3) is 2.79. The Kier molecular flexibility index (Phi) is 3.69. The molecule has 0 aliphatic carbocycles. The number of hydrogen-bond acceptors (Lipinski definition) is 5. The zero-order valence-electron chi connectivity index (χ0n) is 11.2. The summed E-state index contributed by atoms with van der Waals surface area (Å²) in [5.74, 6) is -0.675. The Bertz CT molecular complexity index is 759. The first-order valence-corrected chi connectivity index (χ1v) is 8.22. The molecule has 2 heterocycles. The molecule has 0 saturated carbocycles. The Labute approximate surface area is 122 Å². The van der Waals surface area contributed by atoms with Gasteiger partial charge in [0.25, 0.3) is 5.91 Å². The molecule has 1 saturated heterocycles. The van der Waals surface area contributed by atoms with E-state index < -0.39 is 21.2 Å². The third-order valence-electron chi connectivity index (χ3n) is 3.52. The molecule has 112 valence electrons. The lowest BCUT2D eigenvalue weighted by Crippen LogP contribution is -2.42. The largest absolute Gasteiger partial charge is 0.463 e. The molecule has 0 bridgehead atoms. The predicted molar refractivity (Wildman–Crippen MR) is 76.4 cm³/mol. The average Bonchev–Trinajstić information content (AvgIpc) is 2.92. The molecule has 1 unspecified atom stereocenters. The molecule has 6 nitrogen and oxygen atoms in total. The van der Waals surface area contributed by atoms with Crippen LogP contribution in [0.25, 0.3) is 11.0 Å². The predicted octanol–water partition coefficient (Wildman–Crippen LogP) is 1.67. The standard InChI is InChI=1S/C14H15NO5S/c16-14(12-9-20-13-6-2-1-5-11(12)13)15-21(17,18)10-4-3-7-19-8-10/h1-2,5-6,9-10H,3-4,7-8H2,(H,15,16). The van der Waals surface area contributed by atoms with Crippen LogP contribution in [0.5, 0.6) is 0 Å². The van der Waals surface area contributed by atoms with Gasteiger partial charge < -0.3 is 9.15 Å². The van der Waals surface area contributed by atoms with Gasteiger partial charge in [0.2, 0.25) is 10.0 Å². The Morgan fingerprint density at radius 1 is 1.29 bits per heavy atom. The van der Waals surface area contributed by atoms with Crippen LogP contribution in [0.2, 0.25) is 0 Å². The summed E-state index contributed by atoms with van der Waals surface area (Å²) in [5, 5.41) is -0.0986. The molecule has 0 radical (unpaired) electrons. The van der Waals surface area contributed by atoms with Crippen LogP contribution < -0.4 is 4.72 Å². The third-order valence-corrected chi connectivity index (χ3v) is 5.24. The summed E-state index contributed by atoms with van der Waals surface area (Å²) in [4.78, 5) is 12.2. The first-order chi connectivity index (χ1) is 10.1. The number of amides is 1. The van der Waals surface area contributed by atoms with Gasteiger partial charge in [-0.05, 0) is 18.9 Å². The molecule has 1 atom stereocenters. The summed E-state index contributed by atoms with van der Waals surface area (Å²) < 4.78 is 36.9. The molecule has 1 fully saturated rings. The second-order valence-electron chi connectivity index (χ2n) is 4.96. The van der Waals surface area contributed by atoms with Crippen molar-refractivity contribution in [2.45, 2.75) is 18.1 Å². The number of hydrogen-bond donors (Lipinski definition) is 1. The fourth-order valence-corrected chi connectivity index (χ4v) is 3.66. The van der Waals surface area contributed by atoms with E-state index in [9.17, 15) is 13.2 Å². The Hall–Kier alpha value is -1.86. The number of rotatable bonds is 3. The fraction of sp³-hybridized carbons (Fsp3) is 0.357.